The van der Waals surface area contributed by atoms with Crippen LogP contribution in [0, 0.1) is 5.82 Å². The van der Waals surface area contributed by atoms with E-state index in [1.807, 2.05) is 26.8 Å². The van der Waals surface area contributed by atoms with Crippen LogP contribution >= 0.6 is 0 Å². The molecular weight excluding hydrogens is 463 g/mol. The summed E-state index contributed by atoms with van der Waals surface area (Å²) in [4.78, 5) is 33.4. The Kier molecular flexibility index (Phi) is 5.83. The first kappa shape index (κ1) is 23.3. The van der Waals surface area contributed by atoms with E-state index in [9.17, 15) is 14.0 Å². The highest BCUT2D eigenvalue weighted by molar-refractivity contribution is 6.03. The highest BCUT2D eigenvalue weighted by Crippen LogP contribution is 2.39. The van der Waals surface area contributed by atoms with Gasteiger partial charge in [-0.05, 0) is 37.1 Å². The van der Waals surface area contributed by atoms with E-state index in [4.69, 9.17) is 0 Å². The first-order chi connectivity index (χ1) is 17.2. The zero-order chi connectivity index (χ0) is 25.4. The van der Waals surface area contributed by atoms with Gasteiger partial charge in [0.25, 0.3) is 11.5 Å². The number of nitrogens with one attached hydrogen (secondary N) is 4. The zero-order valence-electron chi connectivity index (χ0n) is 20.0. The third-order valence-corrected chi connectivity index (χ3v) is 5.84. The molecule has 5 rings (SSSR count). The monoisotopic (exact) mass is 488 g/mol. The van der Waals surface area contributed by atoms with Crippen molar-refractivity contribution in [2.24, 2.45) is 0 Å². The number of hydrogen-bond donors (Lipinski definition) is 4. The highest BCUT2D eigenvalue weighted by atomic mass is 19.1. The molecular formula is C25H25FN8O2. The predicted molar refractivity (Wildman–Crippen MR) is 133 cm³/mol. The van der Waals surface area contributed by atoms with Gasteiger partial charge in [-0.2, -0.15) is 10.2 Å². The normalized spacial score (nSPS) is 13.4. The van der Waals surface area contributed by atoms with E-state index >= 15 is 0 Å². The van der Waals surface area contributed by atoms with E-state index < -0.39 is 17.3 Å². The summed E-state index contributed by atoms with van der Waals surface area (Å²) in [5.74, 6) is -0.209. The van der Waals surface area contributed by atoms with Gasteiger partial charge in [0.2, 0.25) is 0 Å². The number of rotatable bonds is 6. The van der Waals surface area contributed by atoms with E-state index in [1.54, 1.807) is 6.07 Å². The number of aromatic nitrogens is 6. The van der Waals surface area contributed by atoms with Crippen molar-refractivity contribution < 1.29 is 9.18 Å². The second kappa shape index (κ2) is 8.99. The summed E-state index contributed by atoms with van der Waals surface area (Å²) < 4.78 is 14.5. The molecule has 36 heavy (non-hydrogen) atoms. The SMILES string of the molecule is CC(C)(C)c1cnc(C(=O)Nc2cc(-c3cc(Nc4cc(C5CC5)[nH]n4)c(=O)[nH]n3)ccc2F)cn1. The van der Waals surface area contributed by atoms with Gasteiger partial charge >= 0.3 is 0 Å². The van der Waals surface area contributed by atoms with Crippen molar-refractivity contribution in [3.63, 3.8) is 0 Å². The first-order valence-corrected chi connectivity index (χ1v) is 11.5. The maximum absolute atomic E-state index is 14.5. The van der Waals surface area contributed by atoms with Crippen molar-refractivity contribution in [3.05, 3.63) is 76.0 Å². The van der Waals surface area contributed by atoms with Crippen molar-refractivity contribution >= 4 is 23.1 Å². The third kappa shape index (κ3) is 4.99. The summed E-state index contributed by atoms with van der Waals surface area (Å²) in [6.07, 6.45) is 5.15. The van der Waals surface area contributed by atoms with Gasteiger partial charge in [-0.25, -0.2) is 14.5 Å². The summed E-state index contributed by atoms with van der Waals surface area (Å²) in [6.45, 7) is 5.97. The quantitative estimate of drug-likeness (QED) is 0.318. The predicted octanol–water partition coefficient (Wildman–Crippen LogP) is 4.26. The fraction of sp³-hybridized carbons (Fsp3) is 0.280. The topological polar surface area (TPSA) is 141 Å². The number of carbonyl (C=O) groups excluding carboxylic acids is 1. The van der Waals surface area contributed by atoms with Gasteiger partial charge in [-0.1, -0.05) is 20.8 Å². The molecule has 0 bridgehead atoms. The fourth-order valence-corrected chi connectivity index (χ4v) is 3.59. The molecule has 10 nitrogen and oxygen atoms in total. The molecule has 3 aromatic heterocycles. The number of hydrogen-bond acceptors (Lipinski definition) is 7. The number of H-pyrrole nitrogens is 2. The molecule has 4 aromatic rings. The largest absolute Gasteiger partial charge is 0.334 e. The lowest BCUT2D eigenvalue weighted by Gasteiger charge is -2.16. The molecule has 4 N–H and O–H groups in total. The molecule has 1 fully saturated rings. The van der Waals surface area contributed by atoms with Crippen LogP contribution in [0.4, 0.5) is 21.6 Å². The van der Waals surface area contributed by atoms with Crippen LogP contribution in [-0.2, 0) is 5.41 Å². The Morgan fingerprint density at radius 2 is 1.83 bits per heavy atom. The minimum Gasteiger partial charge on any atom is -0.334 e. The van der Waals surface area contributed by atoms with E-state index in [2.05, 4.69) is 41.0 Å². The van der Waals surface area contributed by atoms with E-state index in [1.165, 1.54) is 30.6 Å². The van der Waals surface area contributed by atoms with Crippen LogP contribution in [0.25, 0.3) is 11.3 Å². The van der Waals surface area contributed by atoms with E-state index in [0.717, 1.165) is 24.2 Å². The van der Waals surface area contributed by atoms with Gasteiger partial charge in [0, 0.05) is 34.9 Å². The molecule has 0 atom stereocenters. The Morgan fingerprint density at radius 1 is 1.03 bits per heavy atom. The Labute approximate surface area is 205 Å². The second-order valence-electron chi connectivity index (χ2n) is 9.79. The Morgan fingerprint density at radius 3 is 2.53 bits per heavy atom. The fourth-order valence-electron chi connectivity index (χ4n) is 3.59. The molecule has 0 aliphatic heterocycles. The number of benzene rings is 1. The highest BCUT2D eigenvalue weighted by Gasteiger charge is 2.25. The number of carbonyl (C=O) groups is 1. The average molecular weight is 489 g/mol. The lowest BCUT2D eigenvalue weighted by molar-refractivity contribution is 0.102. The van der Waals surface area contributed by atoms with Gasteiger partial charge in [0.15, 0.2) is 5.82 Å². The van der Waals surface area contributed by atoms with Crippen molar-refractivity contribution in [3.8, 4) is 11.3 Å². The molecule has 0 spiro atoms. The van der Waals surface area contributed by atoms with Crippen molar-refractivity contribution in [2.45, 2.75) is 44.9 Å². The van der Waals surface area contributed by atoms with Crippen LogP contribution in [-0.4, -0.2) is 36.3 Å². The van der Waals surface area contributed by atoms with Gasteiger partial charge in [0.05, 0.1) is 23.3 Å². The van der Waals surface area contributed by atoms with Crippen LogP contribution < -0.4 is 16.2 Å². The van der Waals surface area contributed by atoms with Crippen LogP contribution in [0.1, 0.15) is 61.4 Å². The molecule has 1 saturated carbocycles. The number of anilines is 3. The van der Waals surface area contributed by atoms with Gasteiger partial charge in [-0.15, -0.1) is 0 Å². The van der Waals surface area contributed by atoms with Crippen LogP contribution in [0.15, 0.2) is 47.5 Å². The lowest BCUT2D eigenvalue weighted by Crippen LogP contribution is -2.18. The van der Waals surface area contributed by atoms with Crippen molar-refractivity contribution in [1.82, 2.24) is 30.4 Å². The van der Waals surface area contributed by atoms with Gasteiger partial charge < -0.3 is 10.6 Å². The summed E-state index contributed by atoms with van der Waals surface area (Å²) >= 11 is 0. The van der Waals surface area contributed by atoms with E-state index in [-0.39, 0.29) is 22.5 Å². The second-order valence-corrected chi connectivity index (χ2v) is 9.79. The van der Waals surface area contributed by atoms with Crippen LogP contribution in [0.5, 0.6) is 0 Å². The zero-order valence-corrected chi connectivity index (χ0v) is 20.0. The van der Waals surface area contributed by atoms with Gasteiger partial charge in [-0.3, -0.25) is 19.7 Å². The molecule has 3 heterocycles. The smallest absolute Gasteiger partial charge is 0.287 e. The third-order valence-electron chi connectivity index (χ3n) is 5.84. The van der Waals surface area contributed by atoms with Crippen LogP contribution in [0.3, 0.4) is 0 Å². The summed E-state index contributed by atoms with van der Waals surface area (Å²) in [6, 6.07) is 7.58. The Hall–Kier alpha value is -4.41. The van der Waals surface area contributed by atoms with Crippen molar-refractivity contribution in [1.29, 1.82) is 0 Å². The standard InChI is InChI=1S/C25H25FN8O2/c1-25(2,3)21-12-27-20(11-28-21)23(35)30-18-8-14(6-7-15(18)26)16-9-19(24(36)34-32-16)29-22-10-17(31-33-22)13-4-5-13/h6-13H,4-5H2,1-3H3,(H,30,35)(H,34,36)(H2,29,31,32,33). The average Bonchev–Trinajstić information content (AvgIpc) is 3.60. The van der Waals surface area contributed by atoms with Crippen molar-refractivity contribution in [2.75, 3.05) is 10.6 Å². The van der Waals surface area contributed by atoms with Crippen LogP contribution in [0.2, 0.25) is 0 Å². The summed E-state index contributed by atoms with van der Waals surface area (Å²) in [5.41, 5.74) is 2.23. The molecule has 1 aliphatic rings. The minimum absolute atomic E-state index is 0.0527. The number of aromatic amines is 2. The maximum Gasteiger partial charge on any atom is 0.287 e. The number of halogens is 1. The molecule has 1 aromatic carbocycles. The maximum atomic E-state index is 14.5. The molecule has 0 saturated heterocycles. The number of amides is 1. The first-order valence-electron chi connectivity index (χ1n) is 11.5. The summed E-state index contributed by atoms with van der Waals surface area (Å²) in [7, 11) is 0. The molecule has 184 valence electrons. The lowest BCUT2D eigenvalue weighted by atomic mass is 9.93. The Balaban J connectivity index is 1.36. The Bertz CT molecular complexity index is 1480. The van der Waals surface area contributed by atoms with Gasteiger partial charge in [0.1, 0.15) is 17.2 Å². The molecule has 11 heteroatoms. The number of nitrogens with zero attached hydrogens (tertiary/aromatic N) is 4. The molecule has 0 unspecified atom stereocenters. The van der Waals surface area contributed by atoms with E-state index in [0.29, 0.717) is 23.0 Å². The molecule has 0 radical (unpaired) electrons. The summed E-state index contributed by atoms with van der Waals surface area (Å²) in [5, 5.41) is 19.2. The molecule has 1 amide bonds. The minimum atomic E-state index is -0.627. The molecule has 1 aliphatic carbocycles.